The van der Waals surface area contributed by atoms with Gasteiger partial charge in [-0.2, -0.15) is 7.82 Å². The van der Waals surface area contributed by atoms with Crippen LogP contribution in [0.1, 0.15) is 0 Å². The molecular weight excluding hydrogens is 218 g/mol. The van der Waals surface area contributed by atoms with Crippen molar-refractivity contribution in [2.24, 2.45) is 11.5 Å². The van der Waals surface area contributed by atoms with Crippen molar-refractivity contribution in [3.63, 3.8) is 0 Å². The maximum absolute atomic E-state index is 8.55. The molecule has 0 bridgehead atoms. The van der Waals surface area contributed by atoms with Crippen molar-refractivity contribution in [2.45, 2.75) is 0 Å². The molecule has 0 heterocycles. The second-order valence-electron chi connectivity index (χ2n) is 0.903. The second-order valence-corrected chi connectivity index (χ2v) is 1.80. The summed E-state index contributed by atoms with van der Waals surface area (Å²) in [4.78, 5) is 25.6. The first kappa shape index (κ1) is 29.3. The van der Waals surface area contributed by atoms with Crippen LogP contribution in [-0.4, -0.2) is 5.96 Å². The van der Waals surface area contributed by atoms with E-state index in [1.165, 1.54) is 0 Å². The third-order valence-electron chi connectivity index (χ3n) is 0. The first-order chi connectivity index (χ1) is 3.73. The van der Waals surface area contributed by atoms with E-state index >= 15 is 0 Å². The average Bonchev–Trinajstić information content (AvgIpc) is 1.19. The predicted molar refractivity (Wildman–Crippen MR) is 23.7 cm³/mol. The minimum absolute atomic E-state index is 0. The van der Waals surface area contributed by atoms with Crippen LogP contribution in [0.25, 0.3) is 0 Å². The zero-order valence-electron chi connectivity index (χ0n) is 7.23. The first-order valence-electron chi connectivity index (χ1n) is 1.56. The van der Waals surface area contributed by atoms with Crippen molar-refractivity contribution in [3.05, 3.63) is 0 Å². The Kier molecular flexibility index (Phi) is 38.6. The maximum Gasteiger partial charge on any atom is 1.00 e. The molecule has 0 radical (unpaired) electrons. The van der Waals surface area contributed by atoms with Crippen LogP contribution >= 0.6 is 7.82 Å². The summed E-state index contributed by atoms with van der Waals surface area (Å²) in [5.41, 5.74) is 8.94. The van der Waals surface area contributed by atoms with Crippen LogP contribution in [-0.2, 0) is 4.57 Å². The smallest absolute Gasteiger partial charge is 0.822 e. The normalized spacial score (nSPS) is 6.92. The Labute approximate surface area is 136 Å². The van der Waals surface area contributed by atoms with Crippen molar-refractivity contribution in [1.29, 1.82) is 5.41 Å². The molecule has 0 aromatic rings. The van der Waals surface area contributed by atoms with E-state index in [9.17, 15) is 0 Å². The van der Waals surface area contributed by atoms with Crippen LogP contribution in [0, 0.1) is 5.41 Å². The van der Waals surface area contributed by atoms with Crippen LogP contribution < -0.4 is 115 Å². The van der Waals surface area contributed by atoms with Gasteiger partial charge in [-0.3, -0.25) is 5.41 Å². The van der Waals surface area contributed by atoms with Crippen LogP contribution in [0.4, 0.5) is 0 Å². The van der Waals surface area contributed by atoms with Gasteiger partial charge >= 0.3 is 88.7 Å². The first-order valence-corrected chi connectivity index (χ1v) is 3.02. The van der Waals surface area contributed by atoms with Crippen molar-refractivity contribution in [3.8, 4) is 0 Å². The zero-order chi connectivity index (χ0) is 8.08. The van der Waals surface area contributed by atoms with Crippen molar-refractivity contribution in [2.75, 3.05) is 0 Å². The number of hydrogen-bond donors (Lipinski definition) is 3. The van der Waals surface area contributed by atoms with Gasteiger partial charge in [-0.1, -0.05) is 0 Å². The zero-order valence-corrected chi connectivity index (χ0v) is 14.1. The van der Waals surface area contributed by atoms with Gasteiger partial charge in [0, 0.05) is 0 Å². The van der Waals surface area contributed by atoms with Crippen LogP contribution in [0.3, 0.4) is 0 Å². The molecule has 0 aliphatic rings. The van der Waals surface area contributed by atoms with Gasteiger partial charge in [0.2, 0.25) is 0 Å². The molecule has 56 valence electrons. The van der Waals surface area contributed by atoms with Gasteiger partial charge in [-0.05, 0) is 0 Å². The van der Waals surface area contributed by atoms with E-state index in [0.29, 0.717) is 0 Å². The minimum Gasteiger partial charge on any atom is -0.822 e. The van der Waals surface area contributed by atoms with E-state index in [2.05, 4.69) is 11.5 Å². The standard InChI is InChI=1S/CH5N3.3Na.H3O4P/c2-1(3)4;;;;1-5(2,3)4/h(H5,2,3,4);;;;(H3,1,2,3,4)/q;3*+1;/p-3. The fraction of sp³-hybridized carbons (Fsp3) is 0. The Morgan fingerprint density at radius 1 is 1.08 bits per heavy atom. The van der Waals surface area contributed by atoms with E-state index in [1.807, 2.05) is 0 Å². The molecule has 0 fully saturated rings. The van der Waals surface area contributed by atoms with Crippen LogP contribution in [0.2, 0.25) is 0 Å². The Bertz CT molecular complexity index is 125. The van der Waals surface area contributed by atoms with Gasteiger partial charge < -0.3 is 30.7 Å². The molecule has 0 atom stereocenters. The molecule has 0 aliphatic heterocycles. The van der Waals surface area contributed by atoms with E-state index < -0.39 is 7.82 Å². The van der Waals surface area contributed by atoms with Crippen LogP contribution in [0.5, 0.6) is 0 Å². The van der Waals surface area contributed by atoms with Gasteiger partial charge in [0.05, 0.1) is 0 Å². The van der Waals surface area contributed by atoms with Gasteiger partial charge in [-0.15, -0.1) is 0 Å². The van der Waals surface area contributed by atoms with Crippen molar-refractivity contribution in [1.82, 2.24) is 0 Å². The third-order valence-corrected chi connectivity index (χ3v) is 0. The summed E-state index contributed by atoms with van der Waals surface area (Å²) in [5.74, 6) is -0.333. The topological polar surface area (TPSA) is 162 Å². The molecule has 0 amide bonds. The molecule has 0 spiro atoms. The molecule has 0 saturated carbocycles. The summed E-state index contributed by atoms with van der Waals surface area (Å²) in [6.07, 6.45) is 0. The van der Waals surface area contributed by atoms with Gasteiger partial charge in [-0.25, -0.2) is 0 Å². The Hall–Kier alpha value is 2.38. The number of guanidine groups is 1. The molecule has 0 rings (SSSR count). The van der Waals surface area contributed by atoms with E-state index in [0.717, 1.165) is 0 Å². The molecule has 7 nitrogen and oxygen atoms in total. The van der Waals surface area contributed by atoms with E-state index in [1.54, 1.807) is 0 Å². The summed E-state index contributed by atoms with van der Waals surface area (Å²) >= 11 is 0. The maximum atomic E-state index is 8.55. The van der Waals surface area contributed by atoms with Crippen molar-refractivity contribution >= 4 is 13.8 Å². The molecule has 12 heavy (non-hydrogen) atoms. The molecule has 0 aliphatic carbocycles. The molecular formula is CH5N3Na3O4P. The summed E-state index contributed by atoms with van der Waals surface area (Å²) in [6.45, 7) is 0. The number of nitrogens with one attached hydrogen (secondary N) is 1. The molecule has 11 heteroatoms. The minimum atomic E-state index is -5.39. The Morgan fingerprint density at radius 2 is 1.08 bits per heavy atom. The molecule has 5 N–H and O–H groups in total. The van der Waals surface area contributed by atoms with E-state index in [4.69, 9.17) is 24.7 Å². The summed E-state index contributed by atoms with van der Waals surface area (Å²) in [7, 11) is -5.39. The monoisotopic (exact) mass is 223 g/mol. The number of phosphoric acid groups is 1. The molecule has 0 aromatic carbocycles. The Morgan fingerprint density at radius 3 is 1.08 bits per heavy atom. The van der Waals surface area contributed by atoms with Gasteiger partial charge in [0.1, 0.15) is 0 Å². The number of nitrogens with two attached hydrogens (primary N) is 2. The fourth-order valence-electron chi connectivity index (χ4n) is 0. The average molecular weight is 223 g/mol. The summed E-state index contributed by atoms with van der Waals surface area (Å²) < 4.78 is 8.55. The van der Waals surface area contributed by atoms with Crippen molar-refractivity contribution < 1.29 is 108 Å². The number of hydrogen-bond acceptors (Lipinski definition) is 5. The second kappa shape index (κ2) is 15.8. The Balaban J connectivity index is -0.0000000221. The quantitative estimate of drug-likeness (QED) is 0.160. The number of rotatable bonds is 0. The van der Waals surface area contributed by atoms with Gasteiger partial charge in [0.25, 0.3) is 0 Å². The summed E-state index contributed by atoms with van der Waals surface area (Å²) in [5, 5.41) is 6.06. The van der Waals surface area contributed by atoms with Gasteiger partial charge in [0.15, 0.2) is 5.96 Å². The molecule has 0 unspecified atom stereocenters. The predicted octanol–water partition coefficient (Wildman–Crippen LogP) is -13.0. The fourth-order valence-corrected chi connectivity index (χ4v) is 0. The SMILES string of the molecule is N=C(N)N.O=P([O-])([O-])[O-].[Na+].[Na+].[Na+]. The summed E-state index contributed by atoms with van der Waals surface area (Å²) in [6, 6.07) is 0. The molecule has 0 aromatic heterocycles. The third kappa shape index (κ3) is 283. The molecule has 0 saturated heterocycles. The van der Waals surface area contributed by atoms with E-state index in [-0.39, 0.29) is 94.6 Å². The van der Waals surface area contributed by atoms with Crippen LogP contribution in [0.15, 0.2) is 0 Å². The largest absolute Gasteiger partial charge is 1.00 e.